The maximum Gasteiger partial charge on any atom is 0.123 e. The van der Waals surface area contributed by atoms with Crippen LogP contribution in [0.1, 0.15) is 54.9 Å². The van der Waals surface area contributed by atoms with Crippen LogP contribution in [-0.4, -0.2) is 13.9 Å². The number of aromatic hydroxyl groups is 2. The van der Waals surface area contributed by atoms with E-state index in [2.05, 4.69) is 40.1 Å². The summed E-state index contributed by atoms with van der Waals surface area (Å²) in [7, 11) is 0. The fourth-order valence-electron chi connectivity index (χ4n) is 4.11. The predicted molar refractivity (Wildman–Crippen MR) is 145 cm³/mol. The summed E-state index contributed by atoms with van der Waals surface area (Å²) in [6, 6.07) is 23.4. The summed E-state index contributed by atoms with van der Waals surface area (Å²) in [6.07, 6.45) is 10.9. The summed E-state index contributed by atoms with van der Waals surface area (Å²) in [6.45, 7) is 2.04. The first kappa shape index (κ1) is 30.6. The fourth-order valence-corrected chi connectivity index (χ4v) is 4.11. The zero-order valence-electron chi connectivity index (χ0n) is 21.5. The zero-order chi connectivity index (χ0) is 26.9. The van der Waals surface area contributed by atoms with Crippen LogP contribution in [0.15, 0.2) is 84.9 Å². The second kappa shape index (κ2) is 17.7. The van der Waals surface area contributed by atoms with E-state index >= 15 is 0 Å². The van der Waals surface area contributed by atoms with Crippen molar-refractivity contribution >= 4 is 3.71 Å². The van der Waals surface area contributed by atoms with Crippen LogP contribution in [0.3, 0.4) is 0 Å². The van der Waals surface area contributed by atoms with Crippen LogP contribution in [0.4, 0.5) is 8.78 Å². The van der Waals surface area contributed by atoms with Gasteiger partial charge in [-0.2, -0.15) is 46.5 Å². The van der Waals surface area contributed by atoms with Gasteiger partial charge < -0.3 is 10.2 Å². The minimum Gasteiger partial charge on any atom is -0.508 e. The molecule has 2 nitrogen and oxygen atoms in total. The van der Waals surface area contributed by atoms with E-state index in [0.29, 0.717) is 0 Å². The van der Waals surface area contributed by atoms with Crippen molar-refractivity contribution in [1.82, 2.24) is 0 Å². The quantitative estimate of drug-likeness (QED) is 0.207. The Hall–Kier alpha value is -2.65. The first-order chi connectivity index (χ1) is 17.9. The summed E-state index contributed by atoms with van der Waals surface area (Å²) in [5.74, 6) is -0.483. The molecular formula is C32H36F2O2Zr. The molecule has 37 heavy (non-hydrogen) atoms. The Morgan fingerprint density at radius 2 is 0.946 bits per heavy atom. The first-order valence-electron chi connectivity index (χ1n) is 12.7. The van der Waals surface area contributed by atoms with E-state index in [0.717, 1.165) is 0 Å². The normalized spacial score (nSPS) is 12.8. The third kappa shape index (κ3) is 12.4. The number of hydrogen-bond acceptors (Lipinski definition) is 2. The largest absolute Gasteiger partial charge is 0.508 e. The summed E-state index contributed by atoms with van der Waals surface area (Å²) in [5, 5.41) is 17.2. The average molecular weight is 582 g/mol. The number of phenolic OH excluding ortho intramolecular Hbond substituents is 2. The second-order valence-corrected chi connectivity index (χ2v) is 10.2. The van der Waals surface area contributed by atoms with Crippen molar-refractivity contribution < 1.29 is 43.2 Å². The smallest absolute Gasteiger partial charge is 0.123 e. The van der Waals surface area contributed by atoms with Crippen LogP contribution in [0.5, 0.6) is 11.5 Å². The molecule has 4 aromatic carbocycles. The molecule has 0 amide bonds. The van der Waals surface area contributed by atoms with Crippen LogP contribution in [0, 0.1) is 11.6 Å². The molecule has 0 fully saturated rings. The Morgan fingerprint density at radius 3 is 1.24 bits per heavy atom. The van der Waals surface area contributed by atoms with Crippen LogP contribution in [0.25, 0.3) is 0 Å². The summed E-state index contributed by atoms with van der Waals surface area (Å²) in [5.41, 5.74) is 6.39. The minimum atomic E-state index is -0.331. The Morgan fingerprint density at radius 1 is 0.622 bits per heavy atom. The molecule has 2 aliphatic rings. The molecule has 0 saturated heterocycles. The molecule has 0 aromatic heterocycles. The molecule has 0 radical (unpaired) electrons. The SMILES string of the molecule is C[CH]=[Zr+2].Oc1ccc(F)cc1.Oc1ccc(F)cc1.c1cc2c([cH-]1)CCCC2.c1cc2c([cH-]1)CCCC2. The van der Waals surface area contributed by atoms with Crippen molar-refractivity contribution in [1.29, 1.82) is 0 Å². The molecule has 2 N–H and O–H groups in total. The number of benzene rings is 2. The minimum absolute atomic E-state index is 0.0893. The van der Waals surface area contributed by atoms with E-state index in [1.54, 1.807) is 22.3 Å². The van der Waals surface area contributed by atoms with Crippen molar-refractivity contribution in [2.45, 2.75) is 58.3 Å². The summed E-state index contributed by atoms with van der Waals surface area (Å²) >= 11 is 1.51. The molecular weight excluding hydrogens is 546 g/mol. The predicted octanol–water partition coefficient (Wildman–Crippen LogP) is 7.99. The van der Waals surface area contributed by atoms with E-state index in [4.69, 9.17) is 10.2 Å². The number of halogens is 2. The monoisotopic (exact) mass is 580 g/mol. The van der Waals surface area contributed by atoms with Gasteiger partial charge in [0.1, 0.15) is 23.1 Å². The third-order valence-corrected chi connectivity index (χ3v) is 5.95. The van der Waals surface area contributed by atoms with Crippen molar-refractivity contribution in [3.8, 4) is 11.5 Å². The van der Waals surface area contributed by atoms with Gasteiger partial charge in [0.15, 0.2) is 0 Å². The molecule has 2 aliphatic carbocycles. The van der Waals surface area contributed by atoms with E-state index in [9.17, 15) is 8.78 Å². The Bertz CT molecular complexity index is 972. The van der Waals surface area contributed by atoms with Gasteiger partial charge in [0.2, 0.25) is 0 Å². The van der Waals surface area contributed by atoms with Crippen molar-refractivity contribution in [3.05, 3.63) is 119 Å². The molecule has 4 aromatic rings. The topological polar surface area (TPSA) is 40.5 Å². The maximum absolute atomic E-state index is 12.0. The number of rotatable bonds is 0. The van der Waals surface area contributed by atoms with Crippen molar-refractivity contribution in [3.63, 3.8) is 0 Å². The van der Waals surface area contributed by atoms with Gasteiger partial charge in [-0.1, -0.05) is 51.4 Å². The fraction of sp³-hybridized carbons (Fsp3) is 0.281. The van der Waals surface area contributed by atoms with Crippen LogP contribution in [-0.2, 0) is 49.9 Å². The molecule has 6 rings (SSSR count). The van der Waals surface area contributed by atoms with Gasteiger partial charge in [0.25, 0.3) is 0 Å². The van der Waals surface area contributed by atoms with Crippen molar-refractivity contribution in [2.75, 3.05) is 0 Å². The molecule has 0 bridgehead atoms. The van der Waals surface area contributed by atoms with Crippen LogP contribution < -0.4 is 0 Å². The van der Waals surface area contributed by atoms with Crippen molar-refractivity contribution in [2.24, 2.45) is 0 Å². The number of phenols is 2. The summed E-state index contributed by atoms with van der Waals surface area (Å²) < 4.78 is 26.0. The van der Waals surface area contributed by atoms with Gasteiger partial charge in [-0.15, -0.1) is 0 Å². The van der Waals surface area contributed by atoms with E-state index < -0.39 is 0 Å². The van der Waals surface area contributed by atoms with E-state index in [1.165, 1.54) is 124 Å². The number of hydrogen-bond donors (Lipinski definition) is 2. The average Bonchev–Trinajstić information content (AvgIpc) is 3.59. The van der Waals surface area contributed by atoms with Gasteiger partial charge in [0.05, 0.1) is 0 Å². The molecule has 0 atom stereocenters. The first-order valence-corrected chi connectivity index (χ1v) is 14.2. The van der Waals surface area contributed by atoms with E-state index in [1.807, 2.05) is 6.92 Å². The molecule has 5 heteroatoms. The molecule has 0 heterocycles. The standard InChI is InChI=1S/2C9H11.2C6H5FO.C2H4.Zr/c2*1-2-5-9-7-3-6-8(9)4-1;2*7-5-1-3-6(8)4-2-5;1-2;/h2*3,6-7H,1-2,4-5H2;2*1-4,8H;1H,2H3;/q2*-1;;;;+2. The molecule has 0 saturated carbocycles. The second-order valence-electron chi connectivity index (χ2n) is 8.81. The Labute approximate surface area is 234 Å². The maximum atomic E-state index is 12.0. The third-order valence-electron chi connectivity index (χ3n) is 5.95. The number of aryl methyl sites for hydroxylation is 4. The van der Waals surface area contributed by atoms with Gasteiger partial charge in [-0.25, -0.2) is 20.9 Å². The Balaban J connectivity index is 0.000000168. The molecule has 0 aliphatic heterocycles. The van der Waals surface area contributed by atoms with Gasteiger partial charge in [0, 0.05) is 0 Å². The van der Waals surface area contributed by atoms with Crippen LogP contribution >= 0.6 is 0 Å². The number of fused-ring (bicyclic) bond motifs is 2. The summed E-state index contributed by atoms with van der Waals surface area (Å²) in [4.78, 5) is 0. The van der Waals surface area contributed by atoms with Crippen LogP contribution in [0.2, 0.25) is 0 Å². The van der Waals surface area contributed by atoms with E-state index in [-0.39, 0.29) is 23.1 Å². The molecule has 0 spiro atoms. The Kier molecular flexibility index (Phi) is 14.7. The van der Waals surface area contributed by atoms with Gasteiger partial charge in [-0.3, -0.25) is 0 Å². The zero-order valence-corrected chi connectivity index (χ0v) is 23.9. The van der Waals surface area contributed by atoms with Gasteiger partial charge in [-0.05, 0) is 48.5 Å². The van der Waals surface area contributed by atoms with Gasteiger partial charge >= 0.3 is 34.9 Å². The molecule has 194 valence electrons. The molecule has 0 unspecified atom stereocenters.